The first-order valence-corrected chi connectivity index (χ1v) is 7.39. The molecule has 0 spiro atoms. The molecule has 1 heteroatoms. The van der Waals surface area contributed by atoms with Gasteiger partial charge in [0.2, 0.25) is 0 Å². The summed E-state index contributed by atoms with van der Waals surface area (Å²) in [5.41, 5.74) is 0. The lowest BCUT2D eigenvalue weighted by molar-refractivity contribution is 0.150. The average Bonchev–Trinajstić information content (AvgIpc) is 2.29. The first-order chi connectivity index (χ1) is 7.89. The monoisotopic (exact) mass is 225 g/mol. The van der Waals surface area contributed by atoms with Crippen LogP contribution in [0.4, 0.5) is 0 Å². The average molecular weight is 225 g/mol. The molecule has 1 rings (SSSR count). The van der Waals surface area contributed by atoms with Crippen LogP contribution >= 0.6 is 0 Å². The lowest BCUT2D eigenvalue weighted by Crippen LogP contribution is -2.06. The fourth-order valence-electron chi connectivity index (χ4n) is 2.50. The van der Waals surface area contributed by atoms with Gasteiger partial charge in [-0.1, -0.05) is 64.2 Å². The van der Waals surface area contributed by atoms with Crippen molar-refractivity contribution in [3.63, 3.8) is 0 Å². The highest BCUT2D eigenvalue weighted by molar-refractivity contribution is 4.68. The zero-order valence-electron chi connectivity index (χ0n) is 10.8. The van der Waals surface area contributed by atoms with Crippen molar-refractivity contribution in [3.05, 3.63) is 6.42 Å². The van der Waals surface area contributed by atoms with Crippen LogP contribution in [0.15, 0.2) is 0 Å². The molecule has 0 aromatic rings. The normalized spacial score (nSPS) is 24.6. The lowest BCUT2D eigenvalue weighted by Gasteiger charge is -2.09. The maximum absolute atomic E-state index is 9.75. The molecule has 0 heterocycles. The summed E-state index contributed by atoms with van der Waals surface area (Å²) >= 11 is 0. The van der Waals surface area contributed by atoms with E-state index in [0.29, 0.717) is 0 Å². The topological polar surface area (TPSA) is 20.2 Å². The minimum Gasteiger partial charge on any atom is -0.393 e. The van der Waals surface area contributed by atoms with E-state index in [1.807, 2.05) is 0 Å². The van der Waals surface area contributed by atoms with Gasteiger partial charge >= 0.3 is 0 Å². The second kappa shape index (κ2) is 10.1. The number of aliphatic hydroxyl groups is 1. The van der Waals surface area contributed by atoms with E-state index in [1.54, 1.807) is 0 Å². The molecule has 1 aliphatic rings. The number of rotatable bonds is 0. The van der Waals surface area contributed by atoms with Crippen LogP contribution in [-0.2, 0) is 0 Å². The molecule has 0 amide bonds. The molecule has 1 nitrogen and oxygen atoms in total. The number of aliphatic hydroxyl groups excluding tert-OH is 1. The van der Waals surface area contributed by atoms with Gasteiger partial charge in [0.1, 0.15) is 0 Å². The second-order valence-electron chi connectivity index (χ2n) is 5.28. The minimum atomic E-state index is -0.0404. The predicted octanol–water partition coefficient (Wildman–Crippen LogP) is 4.64. The molecule has 1 unspecified atom stereocenters. The SMILES string of the molecule is OC1CC[CH]CCCCCCCCCCC1. The van der Waals surface area contributed by atoms with Gasteiger partial charge in [0.05, 0.1) is 6.10 Å². The molecule has 1 saturated carbocycles. The highest BCUT2D eigenvalue weighted by Crippen LogP contribution is 2.16. The third kappa shape index (κ3) is 8.15. The van der Waals surface area contributed by atoms with Crippen LogP contribution in [0.2, 0.25) is 0 Å². The van der Waals surface area contributed by atoms with E-state index in [-0.39, 0.29) is 6.10 Å². The highest BCUT2D eigenvalue weighted by atomic mass is 16.3. The Morgan fingerprint density at radius 3 is 1.88 bits per heavy atom. The largest absolute Gasteiger partial charge is 0.393 e. The van der Waals surface area contributed by atoms with E-state index in [1.165, 1.54) is 64.2 Å². The molecule has 0 saturated heterocycles. The number of hydrogen-bond donors (Lipinski definition) is 1. The molecule has 1 aliphatic carbocycles. The summed E-state index contributed by atoms with van der Waals surface area (Å²) in [6, 6.07) is 0. The van der Waals surface area contributed by atoms with Gasteiger partial charge in [-0.05, 0) is 25.7 Å². The molecule has 1 fully saturated rings. The summed E-state index contributed by atoms with van der Waals surface area (Å²) in [5.74, 6) is 0. The van der Waals surface area contributed by atoms with Crippen LogP contribution in [0.1, 0.15) is 83.5 Å². The Bertz CT molecular complexity index is 128. The summed E-state index contributed by atoms with van der Waals surface area (Å²) in [6.07, 6.45) is 19.1. The lowest BCUT2D eigenvalue weighted by atomic mass is 10.0. The molecule has 0 aliphatic heterocycles. The molecule has 1 N–H and O–H groups in total. The zero-order valence-corrected chi connectivity index (χ0v) is 10.8. The molecule has 0 bridgehead atoms. The molecule has 95 valence electrons. The third-order valence-corrected chi connectivity index (χ3v) is 3.65. The standard InChI is InChI=1S/C15H29O/c16-15-13-11-9-7-5-3-1-2-4-6-8-10-12-14-15/h9,15-16H,1-8,10-14H2. The van der Waals surface area contributed by atoms with E-state index in [2.05, 4.69) is 6.42 Å². The molecule has 0 aromatic heterocycles. The van der Waals surface area contributed by atoms with Crippen LogP contribution < -0.4 is 0 Å². The van der Waals surface area contributed by atoms with Crippen LogP contribution in [0, 0.1) is 6.42 Å². The van der Waals surface area contributed by atoms with Gasteiger partial charge in [0.25, 0.3) is 0 Å². The van der Waals surface area contributed by atoms with Gasteiger partial charge in [-0.2, -0.15) is 0 Å². The van der Waals surface area contributed by atoms with E-state index < -0.39 is 0 Å². The van der Waals surface area contributed by atoms with E-state index in [9.17, 15) is 5.11 Å². The first-order valence-electron chi connectivity index (χ1n) is 7.39. The molecule has 16 heavy (non-hydrogen) atoms. The van der Waals surface area contributed by atoms with Crippen LogP contribution in [0.5, 0.6) is 0 Å². The zero-order chi connectivity index (χ0) is 11.5. The quantitative estimate of drug-likeness (QED) is 0.637. The first kappa shape index (κ1) is 14.0. The van der Waals surface area contributed by atoms with Gasteiger partial charge in [-0.3, -0.25) is 0 Å². The van der Waals surface area contributed by atoms with Gasteiger partial charge in [-0.15, -0.1) is 0 Å². The van der Waals surface area contributed by atoms with Crippen molar-refractivity contribution in [1.29, 1.82) is 0 Å². The Labute approximate surface area is 102 Å². The van der Waals surface area contributed by atoms with Crippen molar-refractivity contribution < 1.29 is 5.11 Å². The summed E-state index contributed by atoms with van der Waals surface area (Å²) in [6.45, 7) is 0. The summed E-state index contributed by atoms with van der Waals surface area (Å²) in [4.78, 5) is 0. The maximum Gasteiger partial charge on any atom is 0.0540 e. The van der Waals surface area contributed by atoms with Crippen molar-refractivity contribution in [1.82, 2.24) is 0 Å². The van der Waals surface area contributed by atoms with Crippen LogP contribution in [0.25, 0.3) is 0 Å². The summed E-state index contributed by atoms with van der Waals surface area (Å²) in [5, 5.41) is 9.75. The smallest absolute Gasteiger partial charge is 0.0540 e. The van der Waals surface area contributed by atoms with Crippen molar-refractivity contribution >= 4 is 0 Å². The van der Waals surface area contributed by atoms with Crippen LogP contribution in [-0.4, -0.2) is 11.2 Å². The summed E-state index contributed by atoms with van der Waals surface area (Å²) in [7, 11) is 0. The maximum atomic E-state index is 9.75. The Kier molecular flexibility index (Phi) is 8.88. The van der Waals surface area contributed by atoms with Gasteiger partial charge in [0, 0.05) is 0 Å². The van der Waals surface area contributed by atoms with Gasteiger partial charge < -0.3 is 5.11 Å². The van der Waals surface area contributed by atoms with Crippen molar-refractivity contribution in [2.45, 2.75) is 89.6 Å². The Hall–Kier alpha value is -0.0400. The van der Waals surface area contributed by atoms with Crippen molar-refractivity contribution in [3.8, 4) is 0 Å². The van der Waals surface area contributed by atoms with Crippen molar-refractivity contribution in [2.75, 3.05) is 0 Å². The molecular formula is C15H29O. The number of hydrogen-bond acceptors (Lipinski definition) is 1. The third-order valence-electron chi connectivity index (χ3n) is 3.65. The fourth-order valence-corrected chi connectivity index (χ4v) is 2.50. The Morgan fingerprint density at radius 2 is 1.19 bits per heavy atom. The van der Waals surface area contributed by atoms with Crippen molar-refractivity contribution in [2.24, 2.45) is 0 Å². The molecule has 1 atom stereocenters. The second-order valence-corrected chi connectivity index (χ2v) is 5.28. The molecule has 0 aromatic carbocycles. The van der Waals surface area contributed by atoms with Gasteiger partial charge in [-0.25, -0.2) is 0 Å². The Morgan fingerprint density at radius 1 is 0.625 bits per heavy atom. The minimum absolute atomic E-state index is 0.0404. The Balaban J connectivity index is 2.10. The van der Waals surface area contributed by atoms with Gasteiger partial charge in [0.15, 0.2) is 0 Å². The highest BCUT2D eigenvalue weighted by Gasteiger charge is 2.04. The predicted molar refractivity (Wildman–Crippen MR) is 70.3 cm³/mol. The molecular weight excluding hydrogens is 196 g/mol. The van der Waals surface area contributed by atoms with E-state index in [0.717, 1.165) is 19.3 Å². The van der Waals surface area contributed by atoms with E-state index in [4.69, 9.17) is 0 Å². The fraction of sp³-hybridized carbons (Fsp3) is 0.933. The van der Waals surface area contributed by atoms with Crippen LogP contribution in [0.3, 0.4) is 0 Å². The molecule has 1 radical (unpaired) electrons. The summed E-state index contributed by atoms with van der Waals surface area (Å²) < 4.78 is 0. The van der Waals surface area contributed by atoms with E-state index >= 15 is 0 Å².